The molecule has 0 spiro atoms. The minimum absolute atomic E-state index is 0.244. The molecule has 0 aliphatic rings. The van der Waals surface area contributed by atoms with E-state index < -0.39 is 0 Å². The standard InChI is InChI=1S/C15H18FNO/c1-3-17-11(2)9-14-7-8-15(18-14)12-5-4-6-13(16)10-12/h4-8,10-11,17H,3,9H2,1-2H3. The highest BCUT2D eigenvalue weighted by Crippen LogP contribution is 2.23. The van der Waals surface area contributed by atoms with Crippen molar-refractivity contribution in [2.24, 2.45) is 0 Å². The first-order chi connectivity index (χ1) is 8.69. The van der Waals surface area contributed by atoms with Crippen LogP contribution in [0.4, 0.5) is 4.39 Å². The molecule has 2 aromatic rings. The van der Waals surface area contributed by atoms with E-state index in [1.54, 1.807) is 6.07 Å². The summed E-state index contributed by atoms with van der Waals surface area (Å²) in [4.78, 5) is 0. The van der Waals surface area contributed by atoms with E-state index in [4.69, 9.17) is 4.42 Å². The van der Waals surface area contributed by atoms with Gasteiger partial charge in [-0.15, -0.1) is 0 Å². The lowest BCUT2D eigenvalue weighted by atomic mass is 10.2. The minimum atomic E-state index is -0.244. The SMILES string of the molecule is CCNC(C)Cc1ccc(-c2cccc(F)c2)o1. The van der Waals surface area contributed by atoms with Crippen molar-refractivity contribution >= 4 is 0 Å². The topological polar surface area (TPSA) is 25.2 Å². The maximum Gasteiger partial charge on any atom is 0.134 e. The quantitative estimate of drug-likeness (QED) is 0.872. The number of halogens is 1. The first-order valence-electron chi connectivity index (χ1n) is 6.27. The molecule has 1 atom stereocenters. The highest BCUT2D eigenvalue weighted by atomic mass is 19.1. The lowest BCUT2D eigenvalue weighted by molar-refractivity contribution is 0.470. The molecule has 1 N–H and O–H groups in total. The van der Waals surface area contributed by atoms with Gasteiger partial charge in [-0.1, -0.05) is 19.1 Å². The summed E-state index contributed by atoms with van der Waals surface area (Å²) < 4.78 is 18.9. The zero-order valence-corrected chi connectivity index (χ0v) is 10.7. The molecule has 3 heteroatoms. The Kier molecular flexibility index (Phi) is 4.15. The highest BCUT2D eigenvalue weighted by Gasteiger charge is 2.08. The van der Waals surface area contributed by atoms with Crippen molar-refractivity contribution in [3.63, 3.8) is 0 Å². The van der Waals surface area contributed by atoms with Gasteiger partial charge >= 0.3 is 0 Å². The number of nitrogens with one attached hydrogen (secondary N) is 1. The van der Waals surface area contributed by atoms with Crippen LogP contribution in [0.2, 0.25) is 0 Å². The molecule has 96 valence electrons. The maximum atomic E-state index is 13.1. The molecule has 0 amide bonds. The Balaban J connectivity index is 2.10. The van der Waals surface area contributed by atoms with Crippen LogP contribution < -0.4 is 5.32 Å². The zero-order valence-electron chi connectivity index (χ0n) is 10.7. The fraction of sp³-hybridized carbons (Fsp3) is 0.333. The molecule has 1 aromatic heterocycles. The first kappa shape index (κ1) is 12.8. The number of hydrogen-bond donors (Lipinski definition) is 1. The second-order valence-electron chi connectivity index (χ2n) is 4.44. The first-order valence-corrected chi connectivity index (χ1v) is 6.27. The average Bonchev–Trinajstić information content (AvgIpc) is 2.78. The molecule has 18 heavy (non-hydrogen) atoms. The van der Waals surface area contributed by atoms with Gasteiger partial charge in [0, 0.05) is 18.0 Å². The van der Waals surface area contributed by atoms with Gasteiger partial charge in [0.25, 0.3) is 0 Å². The molecule has 0 saturated heterocycles. The van der Waals surface area contributed by atoms with Gasteiger partial charge in [0.2, 0.25) is 0 Å². The number of rotatable bonds is 5. The zero-order chi connectivity index (χ0) is 13.0. The summed E-state index contributed by atoms with van der Waals surface area (Å²) in [7, 11) is 0. The molecule has 0 radical (unpaired) electrons. The summed E-state index contributed by atoms with van der Waals surface area (Å²) in [6.45, 7) is 5.14. The fourth-order valence-corrected chi connectivity index (χ4v) is 2.01. The lowest BCUT2D eigenvalue weighted by Crippen LogP contribution is -2.27. The Labute approximate surface area is 107 Å². The molecular weight excluding hydrogens is 229 g/mol. The van der Waals surface area contributed by atoms with Crippen LogP contribution in [0.3, 0.4) is 0 Å². The van der Waals surface area contributed by atoms with Crippen LogP contribution in [-0.4, -0.2) is 12.6 Å². The van der Waals surface area contributed by atoms with E-state index >= 15 is 0 Å². The highest BCUT2D eigenvalue weighted by molar-refractivity contribution is 5.57. The third-order valence-corrected chi connectivity index (χ3v) is 2.83. The third kappa shape index (κ3) is 3.20. The summed E-state index contributed by atoms with van der Waals surface area (Å²) in [6.07, 6.45) is 0.836. The van der Waals surface area contributed by atoms with Crippen LogP contribution in [0.1, 0.15) is 19.6 Å². The van der Waals surface area contributed by atoms with Crippen molar-refractivity contribution in [3.05, 3.63) is 48.0 Å². The molecule has 1 aromatic carbocycles. The van der Waals surface area contributed by atoms with E-state index in [9.17, 15) is 4.39 Å². The van der Waals surface area contributed by atoms with E-state index in [0.29, 0.717) is 11.8 Å². The van der Waals surface area contributed by atoms with Gasteiger partial charge < -0.3 is 9.73 Å². The van der Waals surface area contributed by atoms with Crippen molar-refractivity contribution in [3.8, 4) is 11.3 Å². The predicted octanol–water partition coefficient (Wildman–Crippen LogP) is 3.63. The summed E-state index contributed by atoms with van der Waals surface area (Å²) in [5, 5.41) is 3.33. The largest absolute Gasteiger partial charge is 0.461 e. The van der Waals surface area contributed by atoms with Crippen LogP contribution in [-0.2, 0) is 6.42 Å². The lowest BCUT2D eigenvalue weighted by Gasteiger charge is -2.09. The van der Waals surface area contributed by atoms with Crippen molar-refractivity contribution < 1.29 is 8.81 Å². The summed E-state index contributed by atoms with van der Waals surface area (Å²) >= 11 is 0. The van der Waals surface area contributed by atoms with Gasteiger partial charge in [-0.3, -0.25) is 0 Å². The number of furan rings is 1. The Hall–Kier alpha value is -1.61. The number of hydrogen-bond acceptors (Lipinski definition) is 2. The molecule has 0 saturated carbocycles. The minimum Gasteiger partial charge on any atom is -0.461 e. The molecule has 2 nitrogen and oxygen atoms in total. The van der Waals surface area contributed by atoms with E-state index in [1.807, 2.05) is 18.2 Å². The average molecular weight is 247 g/mol. The Morgan fingerprint density at radius 3 is 2.83 bits per heavy atom. The fourth-order valence-electron chi connectivity index (χ4n) is 2.01. The van der Waals surface area contributed by atoms with Crippen molar-refractivity contribution in [1.29, 1.82) is 0 Å². The molecule has 0 aliphatic heterocycles. The van der Waals surface area contributed by atoms with Crippen molar-refractivity contribution in [2.75, 3.05) is 6.54 Å². The van der Waals surface area contributed by atoms with Crippen molar-refractivity contribution in [2.45, 2.75) is 26.3 Å². The van der Waals surface area contributed by atoms with E-state index in [1.165, 1.54) is 12.1 Å². The Bertz CT molecular complexity index is 507. The van der Waals surface area contributed by atoms with Crippen LogP contribution in [0.15, 0.2) is 40.8 Å². The molecule has 1 heterocycles. The number of likely N-dealkylation sites (N-methyl/N-ethyl adjacent to an activating group) is 1. The van der Waals surface area contributed by atoms with Gasteiger partial charge in [-0.05, 0) is 37.7 Å². The van der Waals surface area contributed by atoms with Crippen LogP contribution in [0.5, 0.6) is 0 Å². The van der Waals surface area contributed by atoms with Gasteiger partial charge in [0.1, 0.15) is 17.3 Å². The van der Waals surface area contributed by atoms with E-state index in [0.717, 1.165) is 24.3 Å². The van der Waals surface area contributed by atoms with Crippen LogP contribution >= 0.6 is 0 Å². The normalized spacial score (nSPS) is 12.6. The van der Waals surface area contributed by atoms with Crippen LogP contribution in [0.25, 0.3) is 11.3 Å². The van der Waals surface area contributed by atoms with Gasteiger partial charge in [-0.2, -0.15) is 0 Å². The molecule has 0 bridgehead atoms. The van der Waals surface area contributed by atoms with E-state index in [-0.39, 0.29) is 5.82 Å². The molecule has 1 unspecified atom stereocenters. The second-order valence-corrected chi connectivity index (χ2v) is 4.44. The summed E-state index contributed by atoms with van der Waals surface area (Å²) in [5.41, 5.74) is 0.775. The predicted molar refractivity (Wildman–Crippen MR) is 70.9 cm³/mol. The second kappa shape index (κ2) is 5.83. The summed E-state index contributed by atoms with van der Waals surface area (Å²) in [5.74, 6) is 1.39. The molecular formula is C15H18FNO. The van der Waals surface area contributed by atoms with E-state index in [2.05, 4.69) is 19.2 Å². The molecule has 0 aliphatic carbocycles. The smallest absolute Gasteiger partial charge is 0.134 e. The molecule has 0 fully saturated rings. The van der Waals surface area contributed by atoms with Crippen LogP contribution in [0, 0.1) is 5.82 Å². The van der Waals surface area contributed by atoms with Gasteiger partial charge in [0.05, 0.1) is 0 Å². The monoisotopic (exact) mass is 247 g/mol. The van der Waals surface area contributed by atoms with Crippen molar-refractivity contribution in [1.82, 2.24) is 5.32 Å². The Morgan fingerprint density at radius 1 is 1.28 bits per heavy atom. The number of benzene rings is 1. The maximum absolute atomic E-state index is 13.1. The molecule has 2 rings (SSSR count). The Morgan fingerprint density at radius 2 is 2.11 bits per heavy atom. The summed E-state index contributed by atoms with van der Waals surface area (Å²) in [6, 6.07) is 10.7. The van der Waals surface area contributed by atoms with Gasteiger partial charge in [0.15, 0.2) is 0 Å². The third-order valence-electron chi connectivity index (χ3n) is 2.83. The van der Waals surface area contributed by atoms with Gasteiger partial charge in [-0.25, -0.2) is 4.39 Å².